The first-order valence-electron chi connectivity index (χ1n) is 8.62. The molecule has 1 saturated heterocycles. The van der Waals surface area contributed by atoms with Crippen LogP contribution in [0.25, 0.3) is 5.69 Å². The first-order valence-corrected chi connectivity index (χ1v) is 8.62. The van der Waals surface area contributed by atoms with Crippen molar-refractivity contribution in [3.63, 3.8) is 0 Å². The summed E-state index contributed by atoms with van der Waals surface area (Å²) in [4.78, 5) is 16.2. The number of benzene rings is 1. The van der Waals surface area contributed by atoms with Crippen molar-refractivity contribution in [1.82, 2.24) is 20.0 Å². The van der Waals surface area contributed by atoms with Gasteiger partial charge in [-0.1, -0.05) is 24.3 Å². The van der Waals surface area contributed by atoms with Gasteiger partial charge in [-0.05, 0) is 26.0 Å². The van der Waals surface area contributed by atoms with E-state index >= 15 is 0 Å². The topological polar surface area (TPSA) is 53.4 Å². The molecular weight excluding hydrogens is 314 g/mol. The summed E-state index contributed by atoms with van der Waals surface area (Å²) in [6.45, 7) is 11.3. The summed E-state index contributed by atoms with van der Waals surface area (Å²) in [5.74, 6) is 0. The zero-order chi connectivity index (χ0) is 17.8. The lowest BCUT2D eigenvalue weighted by molar-refractivity contribution is 0.195. The van der Waals surface area contributed by atoms with E-state index in [4.69, 9.17) is 5.10 Å². The second-order valence-corrected chi connectivity index (χ2v) is 6.22. The lowest BCUT2D eigenvalue weighted by Gasteiger charge is -2.36. The van der Waals surface area contributed by atoms with E-state index < -0.39 is 0 Å². The van der Waals surface area contributed by atoms with Crippen molar-refractivity contribution in [3.05, 3.63) is 54.4 Å². The van der Waals surface area contributed by atoms with E-state index in [2.05, 4.69) is 35.9 Å². The largest absolute Gasteiger partial charge is 0.365 e. The number of piperazine rings is 1. The zero-order valence-corrected chi connectivity index (χ0v) is 14.9. The molecule has 6 heteroatoms. The number of amides is 2. The predicted molar refractivity (Wildman–Crippen MR) is 100 cm³/mol. The Morgan fingerprint density at radius 2 is 1.88 bits per heavy atom. The molecule has 0 aliphatic carbocycles. The van der Waals surface area contributed by atoms with Crippen molar-refractivity contribution in [2.75, 3.05) is 37.6 Å². The van der Waals surface area contributed by atoms with Gasteiger partial charge in [0.1, 0.15) is 0 Å². The van der Waals surface area contributed by atoms with Crippen LogP contribution in [0, 0.1) is 13.8 Å². The standard InChI is InChI=1S/C19H25N5O/c1-4-10-20-19(25)23-13-11-22(12-14-23)18-15(2)21-24(16(18)3)17-8-6-5-7-9-17/h4-9H,1,10-14H2,2-3H3,(H,20,25). The summed E-state index contributed by atoms with van der Waals surface area (Å²) in [6, 6.07) is 10.1. The molecule has 1 aromatic heterocycles. The molecule has 25 heavy (non-hydrogen) atoms. The highest BCUT2D eigenvalue weighted by Gasteiger charge is 2.25. The molecule has 132 valence electrons. The van der Waals surface area contributed by atoms with Crippen LogP contribution in [-0.2, 0) is 0 Å². The minimum atomic E-state index is -0.0204. The highest BCUT2D eigenvalue weighted by atomic mass is 16.2. The third-order valence-electron chi connectivity index (χ3n) is 4.53. The van der Waals surface area contributed by atoms with E-state index in [0.29, 0.717) is 19.6 Å². The molecule has 0 atom stereocenters. The Morgan fingerprint density at radius 3 is 2.52 bits per heavy atom. The molecule has 2 aromatic rings. The highest BCUT2D eigenvalue weighted by Crippen LogP contribution is 2.27. The van der Waals surface area contributed by atoms with E-state index in [-0.39, 0.29) is 6.03 Å². The van der Waals surface area contributed by atoms with E-state index in [1.54, 1.807) is 6.08 Å². The molecule has 6 nitrogen and oxygen atoms in total. The molecule has 1 N–H and O–H groups in total. The summed E-state index contributed by atoms with van der Waals surface area (Å²) in [5, 5.41) is 7.56. The van der Waals surface area contributed by atoms with Crippen molar-refractivity contribution < 1.29 is 4.79 Å². The molecule has 1 aromatic carbocycles. The van der Waals surface area contributed by atoms with Gasteiger partial charge in [-0.2, -0.15) is 5.10 Å². The lowest BCUT2D eigenvalue weighted by Crippen LogP contribution is -2.52. The number of anilines is 1. The molecule has 0 unspecified atom stereocenters. The molecule has 1 aliphatic heterocycles. The Labute approximate surface area is 148 Å². The number of rotatable bonds is 4. The molecule has 0 spiro atoms. The average Bonchev–Trinajstić information content (AvgIpc) is 2.95. The van der Waals surface area contributed by atoms with E-state index in [1.165, 1.54) is 5.69 Å². The fourth-order valence-electron chi connectivity index (χ4n) is 3.32. The van der Waals surface area contributed by atoms with E-state index in [0.717, 1.165) is 30.2 Å². The van der Waals surface area contributed by atoms with Crippen LogP contribution in [0.3, 0.4) is 0 Å². The molecular formula is C19H25N5O. The average molecular weight is 339 g/mol. The summed E-state index contributed by atoms with van der Waals surface area (Å²) in [6.07, 6.45) is 1.69. The fourth-order valence-corrected chi connectivity index (χ4v) is 3.32. The van der Waals surface area contributed by atoms with Crippen LogP contribution in [0.5, 0.6) is 0 Å². The molecule has 1 fully saturated rings. The van der Waals surface area contributed by atoms with Gasteiger partial charge >= 0.3 is 6.03 Å². The van der Waals surface area contributed by atoms with Gasteiger partial charge in [-0.15, -0.1) is 6.58 Å². The van der Waals surface area contributed by atoms with Crippen molar-refractivity contribution in [2.24, 2.45) is 0 Å². The van der Waals surface area contributed by atoms with Crippen molar-refractivity contribution in [3.8, 4) is 5.69 Å². The predicted octanol–water partition coefficient (Wildman–Crippen LogP) is 2.51. The number of aryl methyl sites for hydroxylation is 1. The van der Waals surface area contributed by atoms with E-state index in [9.17, 15) is 4.79 Å². The second-order valence-electron chi connectivity index (χ2n) is 6.22. The van der Waals surface area contributed by atoms with Crippen molar-refractivity contribution in [1.29, 1.82) is 0 Å². The molecule has 0 saturated carbocycles. The fraction of sp³-hybridized carbons (Fsp3) is 0.368. The van der Waals surface area contributed by atoms with Crippen LogP contribution >= 0.6 is 0 Å². The number of carbonyl (C=O) groups excluding carboxylic acids is 1. The van der Waals surface area contributed by atoms with Crippen LogP contribution < -0.4 is 10.2 Å². The van der Waals surface area contributed by atoms with Gasteiger partial charge < -0.3 is 15.1 Å². The molecule has 0 radical (unpaired) electrons. The van der Waals surface area contributed by atoms with Gasteiger partial charge in [0.25, 0.3) is 0 Å². The number of urea groups is 1. The lowest BCUT2D eigenvalue weighted by atomic mass is 10.2. The number of hydrogen-bond donors (Lipinski definition) is 1. The summed E-state index contributed by atoms with van der Waals surface area (Å²) < 4.78 is 1.99. The third kappa shape index (κ3) is 3.52. The number of aromatic nitrogens is 2. The van der Waals surface area contributed by atoms with Crippen LogP contribution in [0.4, 0.5) is 10.5 Å². The minimum absolute atomic E-state index is 0.0204. The first-order chi connectivity index (χ1) is 12.1. The number of nitrogens with zero attached hydrogens (tertiary/aromatic N) is 4. The molecule has 2 heterocycles. The van der Waals surface area contributed by atoms with Gasteiger partial charge in [0.2, 0.25) is 0 Å². The Morgan fingerprint density at radius 1 is 1.20 bits per heavy atom. The molecule has 0 bridgehead atoms. The number of hydrogen-bond acceptors (Lipinski definition) is 3. The summed E-state index contributed by atoms with van der Waals surface area (Å²) >= 11 is 0. The first kappa shape index (κ1) is 17.1. The maximum atomic E-state index is 12.1. The maximum Gasteiger partial charge on any atom is 0.317 e. The van der Waals surface area contributed by atoms with Crippen molar-refractivity contribution >= 4 is 11.7 Å². The maximum absolute atomic E-state index is 12.1. The SMILES string of the molecule is C=CCNC(=O)N1CCN(c2c(C)nn(-c3ccccc3)c2C)CC1. The molecule has 1 aliphatic rings. The van der Waals surface area contributed by atoms with Crippen LogP contribution in [0.2, 0.25) is 0 Å². The zero-order valence-electron chi connectivity index (χ0n) is 14.9. The Kier molecular flexibility index (Phi) is 5.07. The van der Waals surface area contributed by atoms with Crippen molar-refractivity contribution in [2.45, 2.75) is 13.8 Å². The van der Waals surface area contributed by atoms with Gasteiger partial charge in [0, 0.05) is 32.7 Å². The number of nitrogens with one attached hydrogen (secondary N) is 1. The normalized spacial score (nSPS) is 14.5. The van der Waals surface area contributed by atoms with Gasteiger partial charge in [-0.25, -0.2) is 9.48 Å². The van der Waals surface area contributed by atoms with Crippen LogP contribution in [0.1, 0.15) is 11.4 Å². The van der Waals surface area contributed by atoms with Gasteiger partial charge in [0.15, 0.2) is 0 Å². The molecule has 3 rings (SSSR count). The van der Waals surface area contributed by atoms with Crippen LogP contribution in [0.15, 0.2) is 43.0 Å². The summed E-state index contributed by atoms with van der Waals surface area (Å²) in [7, 11) is 0. The third-order valence-corrected chi connectivity index (χ3v) is 4.53. The monoisotopic (exact) mass is 339 g/mol. The Balaban J connectivity index is 1.73. The minimum Gasteiger partial charge on any atom is -0.365 e. The van der Waals surface area contributed by atoms with Gasteiger partial charge in [0.05, 0.1) is 22.8 Å². The van der Waals surface area contributed by atoms with E-state index in [1.807, 2.05) is 34.7 Å². The quantitative estimate of drug-likeness (QED) is 0.871. The number of para-hydroxylation sites is 1. The number of carbonyl (C=O) groups is 1. The summed E-state index contributed by atoms with van der Waals surface area (Å²) in [5.41, 5.74) is 4.39. The Bertz CT molecular complexity index is 745. The Hall–Kier alpha value is -2.76. The van der Waals surface area contributed by atoms with Crippen LogP contribution in [-0.4, -0.2) is 53.4 Å². The second kappa shape index (κ2) is 7.42. The smallest absolute Gasteiger partial charge is 0.317 e. The van der Waals surface area contributed by atoms with Gasteiger partial charge in [-0.3, -0.25) is 0 Å². The molecule has 2 amide bonds. The highest BCUT2D eigenvalue weighted by molar-refractivity contribution is 5.74.